The number of hydrogen-bond donors (Lipinski definition) is 0. The Morgan fingerprint density at radius 2 is 1.11 bits per heavy atom. The number of ether oxygens (including phenoxy) is 1. The molecule has 0 saturated carbocycles. The van der Waals surface area contributed by atoms with Gasteiger partial charge in [0, 0.05) is 31.1 Å². The van der Waals surface area contributed by atoms with E-state index in [1.807, 2.05) is 159 Å². The Hall–Kier alpha value is -2.67. The Labute approximate surface area is 299 Å². The zero-order chi connectivity index (χ0) is 31.0. The number of fused-ring (bicyclic) bond motifs is 1. The molecule has 0 radical (unpaired) electrons. The van der Waals surface area contributed by atoms with Crippen LogP contribution in [0.1, 0.15) is 6.92 Å². The summed E-state index contributed by atoms with van der Waals surface area (Å²) in [5, 5.41) is 0. The predicted molar refractivity (Wildman–Crippen MR) is 186 cm³/mol. The molecule has 46 heavy (non-hydrogen) atoms. The number of rotatable bonds is 8. The molecule has 7 nitrogen and oxygen atoms in total. The first kappa shape index (κ1) is 34.7. The molecular formula is C34H32ClN3O4P3U-. The third-order valence-corrected chi connectivity index (χ3v) is 15.4. The topological polar surface area (TPSA) is 74.0 Å². The van der Waals surface area contributed by atoms with Crippen molar-refractivity contribution in [1.82, 2.24) is 0 Å². The smallest absolute Gasteiger partial charge is 0.343 e. The summed E-state index contributed by atoms with van der Waals surface area (Å²) in [6.07, 6.45) is 0. The van der Waals surface area contributed by atoms with Crippen LogP contribution >= 0.6 is 33.2 Å². The summed E-state index contributed by atoms with van der Waals surface area (Å²) in [7, 11) is -4.71. The Kier molecular flexibility index (Phi) is 12.4. The Morgan fingerprint density at radius 1 is 0.630 bits per heavy atom. The van der Waals surface area contributed by atoms with Crippen LogP contribution in [0, 0.1) is 37.2 Å². The number of nitrogens with zero attached hydrogens (tertiary/aromatic N) is 3. The fourth-order valence-corrected chi connectivity index (χ4v) is 14.3. The van der Waals surface area contributed by atoms with Crippen LogP contribution in [-0.2, 0) is 0 Å². The van der Waals surface area contributed by atoms with Crippen molar-refractivity contribution in [3.05, 3.63) is 158 Å². The maximum Gasteiger partial charge on any atom is 0.343 e. The normalized spacial score (nSPS) is 25.7. The van der Waals surface area contributed by atoms with Gasteiger partial charge in [-0.25, -0.2) is 9.49 Å². The number of benzene rings is 5. The number of halogens is 1. The van der Waals surface area contributed by atoms with Gasteiger partial charge in [0.15, 0.2) is 19.6 Å². The summed E-state index contributed by atoms with van der Waals surface area (Å²) in [4.78, 5) is 0. The molecule has 2 aliphatic heterocycles. The van der Waals surface area contributed by atoms with Crippen molar-refractivity contribution < 1.29 is 49.4 Å². The summed E-state index contributed by atoms with van der Waals surface area (Å²) in [5.74, 6) is 1.54. The minimum absolute atomic E-state index is 0. The number of hydrogen-bond acceptors (Lipinski definition) is 7. The van der Waals surface area contributed by atoms with Gasteiger partial charge >= 0.3 is 6.78 Å². The molecule has 1 fully saturated rings. The van der Waals surface area contributed by atoms with E-state index in [0.29, 0.717) is 23.0 Å². The summed E-state index contributed by atoms with van der Waals surface area (Å²) < 4.78 is 41.2. The molecule has 5 aromatic rings. The van der Waals surface area contributed by atoms with E-state index >= 15 is 0 Å². The average Bonchev–Trinajstić information content (AvgIpc) is 3.62. The summed E-state index contributed by atoms with van der Waals surface area (Å²) in [5.41, 5.74) is 0. The van der Waals surface area contributed by atoms with Gasteiger partial charge in [-0.3, -0.25) is 0 Å². The maximum absolute atomic E-state index is 7.23. The molecule has 0 N–H and O–H groups in total. The summed E-state index contributed by atoms with van der Waals surface area (Å²) in [6.45, 7) is -1.24. The van der Waals surface area contributed by atoms with Crippen LogP contribution in [0.5, 0.6) is 23.0 Å². The van der Waals surface area contributed by atoms with Gasteiger partial charge in [-0.2, -0.15) is 40.9 Å². The summed E-state index contributed by atoms with van der Waals surface area (Å²) >= 11 is 7.23. The molecule has 0 spiro atoms. The molecule has 6 atom stereocenters. The van der Waals surface area contributed by atoms with Crippen LogP contribution in [0.25, 0.3) is 0 Å². The zero-order valence-electron chi connectivity index (χ0n) is 24.9. The fourth-order valence-electron chi connectivity index (χ4n) is 4.50. The molecule has 0 amide bonds. The van der Waals surface area contributed by atoms with Gasteiger partial charge in [-0.1, -0.05) is 72.8 Å². The first-order chi connectivity index (χ1) is 22.0. The Balaban J connectivity index is 0.000000536. The molecule has 7 rings (SSSR count). The molecule has 2 aliphatic rings. The van der Waals surface area contributed by atoms with Gasteiger partial charge in [-0.05, 0) is 66.7 Å². The van der Waals surface area contributed by atoms with E-state index in [1.165, 1.54) is 0 Å². The van der Waals surface area contributed by atoms with Crippen molar-refractivity contribution in [3.8, 4) is 23.0 Å². The van der Waals surface area contributed by atoms with Crippen LogP contribution in [-0.4, -0.2) is 17.4 Å². The van der Waals surface area contributed by atoms with E-state index in [4.69, 9.17) is 43.6 Å². The molecule has 0 aliphatic carbocycles. The SMILES string of the molecule is CC1N=P2(Oc3ccccc3)C(N=[P@](Cl)(Oc3ccccc3)N=[PH]1Oc1ccccc1)C2Oc1ccccc1.[U].[c-]1ccccc1. The van der Waals surface area contributed by atoms with E-state index in [2.05, 4.69) is 6.07 Å². The van der Waals surface area contributed by atoms with Crippen molar-refractivity contribution in [2.75, 3.05) is 0 Å². The Morgan fingerprint density at radius 3 is 1.61 bits per heavy atom. The average molecular weight is 913 g/mol. The fraction of sp³-hybridized carbons (Fsp3) is 0.118. The summed E-state index contributed by atoms with van der Waals surface area (Å²) in [6, 6.07) is 50.8. The van der Waals surface area contributed by atoms with Crippen molar-refractivity contribution in [1.29, 1.82) is 0 Å². The van der Waals surface area contributed by atoms with Crippen molar-refractivity contribution >= 4 is 33.2 Å². The predicted octanol–water partition coefficient (Wildman–Crippen LogP) is 11.4. The maximum atomic E-state index is 7.23. The van der Waals surface area contributed by atoms with Gasteiger partial charge in [0.1, 0.15) is 28.8 Å². The third kappa shape index (κ3) is 9.02. The molecule has 234 valence electrons. The minimum Gasteiger partial charge on any atom is -0.478 e. The van der Waals surface area contributed by atoms with Gasteiger partial charge in [0.05, 0.1) is 0 Å². The molecule has 5 aromatic carbocycles. The van der Waals surface area contributed by atoms with Crippen LogP contribution in [0.3, 0.4) is 0 Å². The van der Waals surface area contributed by atoms with E-state index in [0.717, 1.165) is 0 Å². The van der Waals surface area contributed by atoms with E-state index < -0.39 is 33.6 Å². The Bertz CT molecular complexity index is 1800. The molecule has 1 saturated heterocycles. The molecule has 0 bridgehead atoms. The largest absolute Gasteiger partial charge is 0.478 e. The van der Waals surface area contributed by atoms with Gasteiger partial charge < -0.3 is 18.3 Å². The first-order valence-electron chi connectivity index (χ1n) is 14.4. The second kappa shape index (κ2) is 16.4. The monoisotopic (exact) mass is 912 g/mol. The van der Waals surface area contributed by atoms with Crippen molar-refractivity contribution in [2.45, 2.75) is 24.3 Å². The van der Waals surface area contributed by atoms with Gasteiger partial charge in [0.25, 0.3) is 0 Å². The van der Waals surface area contributed by atoms with Crippen molar-refractivity contribution in [3.63, 3.8) is 0 Å². The zero-order valence-corrected chi connectivity index (χ0v) is 32.6. The molecule has 2 heterocycles. The molecular weight excluding hydrogens is 881 g/mol. The standard InChI is InChI=1S/C28H27ClN3O4P3.C6H5.U/c1-22-30-38(35-25-18-10-4-11-19-25)27(28(38)33-23-14-6-2-7-15-23)31-39(29,36-26-20-12-5-13-21-26)32-37(22)34-24-16-8-3-9-17-24;1-2-4-6-5-3-1;/h2-22,27-28,37H,1H3;1-5H;/q;-1;/t22?,27?,28?,38?,39-;;/m0../s1. The van der Waals surface area contributed by atoms with E-state index in [-0.39, 0.29) is 36.9 Å². The van der Waals surface area contributed by atoms with Crippen LogP contribution in [0.15, 0.2) is 166 Å². The first-order valence-corrected chi connectivity index (χ1v) is 20.1. The van der Waals surface area contributed by atoms with Gasteiger partial charge in [0.2, 0.25) is 7.28 Å². The van der Waals surface area contributed by atoms with Crippen LogP contribution in [0.4, 0.5) is 0 Å². The van der Waals surface area contributed by atoms with E-state index in [9.17, 15) is 0 Å². The van der Waals surface area contributed by atoms with Crippen LogP contribution in [0.2, 0.25) is 0 Å². The molecule has 12 heteroatoms. The van der Waals surface area contributed by atoms with Crippen LogP contribution < -0.4 is 18.3 Å². The number of para-hydroxylation sites is 4. The third-order valence-electron chi connectivity index (χ3n) is 6.64. The van der Waals surface area contributed by atoms with E-state index in [1.54, 1.807) is 0 Å². The van der Waals surface area contributed by atoms with Gasteiger partial charge in [-0.15, -0.1) is 0 Å². The second-order valence-electron chi connectivity index (χ2n) is 10.0. The quantitative estimate of drug-likeness (QED) is 0.115. The molecule has 5 unspecified atom stereocenters. The minimum atomic E-state index is -3.24. The van der Waals surface area contributed by atoms with Crippen molar-refractivity contribution in [2.24, 2.45) is 14.0 Å². The second-order valence-corrected chi connectivity index (χ2v) is 18.0. The molecule has 0 aromatic heterocycles.